The van der Waals surface area contributed by atoms with Gasteiger partial charge in [0.25, 0.3) is 0 Å². The van der Waals surface area contributed by atoms with Crippen LogP contribution in [0.5, 0.6) is 0 Å². The first kappa shape index (κ1) is 14.2. The van der Waals surface area contributed by atoms with E-state index in [-0.39, 0.29) is 6.04 Å². The Hall–Kier alpha value is -1.23. The Morgan fingerprint density at radius 2 is 2.05 bits per heavy atom. The van der Waals surface area contributed by atoms with Crippen LogP contribution in [0.15, 0.2) is 35.8 Å². The monoisotopic (exact) mass is 275 g/mol. The van der Waals surface area contributed by atoms with Crippen LogP contribution < -0.4 is 11.1 Å². The number of aromatic nitrogens is 1. The fraction of sp³-hybridized carbons (Fsp3) is 0.400. The predicted molar refractivity (Wildman–Crippen MR) is 81.3 cm³/mol. The van der Waals surface area contributed by atoms with Crippen LogP contribution in [-0.4, -0.2) is 11.5 Å². The van der Waals surface area contributed by atoms with Crippen LogP contribution in [0.1, 0.15) is 41.6 Å². The molecular weight excluding hydrogens is 254 g/mol. The van der Waals surface area contributed by atoms with Crippen molar-refractivity contribution in [1.82, 2.24) is 10.3 Å². The van der Waals surface area contributed by atoms with E-state index in [0.717, 1.165) is 18.0 Å². The smallest absolute Gasteiger partial charge is 0.109 e. The van der Waals surface area contributed by atoms with Gasteiger partial charge in [0, 0.05) is 24.2 Å². The van der Waals surface area contributed by atoms with E-state index in [4.69, 9.17) is 5.73 Å². The summed E-state index contributed by atoms with van der Waals surface area (Å²) in [7, 11) is 0. The van der Waals surface area contributed by atoms with E-state index in [1.165, 1.54) is 11.1 Å². The maximum atomic E-state index is 6.22. The van der Waals surface area contributed by atoms with Gasteiger partial charge in [-0.1, -0.05) is 36.8 Å². The molecule has 0 spiro atoms. The Morgan fingerprint density at radius 1 is 1.32 bits per heavy atom. The predicted octanol–water partition coefficient (Wildman–Crippen LogP) is 3.19. The number of thiazole rings is 1. The fourth-order valence-electron chi connectivity index (χ4n) is 2.01. The number of nitrogens with one attached hydrogen (secondary N) is 1. The van der Waals surface area contributed by atoms with Crippen molar-refractivity contribution in [2.24, 2.45) is 5.73 Å². The molecule has 2 atom stereocenters. The topological polar surface area (TPSA) is 50.9 Å². The molecule has 0 amide bonds. The van der Waals surface area contributed by atoms with Crippen LogP contribution in [0.3, 0.4) is 0 Å². The summed E-state index contributed by atoms with van der Waals surface area (Å²) in [5.41, 5.74) is 8.66. The summed E-state index contributed by atoms with van der Waals surface area (Å²) in [5, 5.41) is 6.66. The molecule has 0 aliphatic heterocycles. The molecule has 0 aliphatic carbocycles. The fourth-order valence-corrected chi connectivity index (χ4v) is 2.81. The molecule has 3 N–H and O–H groups in total. The molecule has 2 rings (SSSR count). The summed E-state index contributed by atoms with van der Waals surface area (Å²) >= 11 is 1.69. The van der Waals surface area contributed by atoms with E-state index in [0.29, 0.717) is 6.04 Å². The van der Waals surface area contributed by atoms with E-state index in [1.54, 1.807) is 11.3 Å². The van der Waals surface area contributed by atoms with Crippen molar-refractivity contribution < 1.29 is 0 Å². The van der Waals surface area contributed by atoms with Crippen molar-refractivity contribution in [2.75, 3.05) is 6.54 Å². The van der Waals surface area contributed by atoms with Gasteiger partial charge < -0.3 is 11.1 Å². The van der Waals surface area contributed by atoms with Crippen molar-refractivity contribution in [1.29, 1.82) is 0 Å². The van der Waals surface area contributed by atoms with Gasteiger partial charge in [-0.05, 0) is 18.9 Å². The van der Waals surface area contributed by atoms with Crippen molar-refractivity contribution in [2.45, 2.75) is 32.4 Å². The molecule has 102 valence electrons. The molecule has 3 nitrogen and oxygen atoms in total. The first-order valence-corrected chi connectivity index (χ1v) is 7.53. The highest BCUT2D eigenvalue weighted by Crippen LogP contribution is 2.19. The lowest BCUT2D eigenvalue weighted by molar-refractivity contribution is 0.486. The number of hydrogen-bond acceptors (Lipinski definition) is 4. The number of rotatable bonds is 6. The molecule has 19 heavy (non-hydrogen) atoms. The summed E-state index contributed by atoms with van der Waals surface area (Å²) in [6.07, 6.45) is 2.87. The summed E-state index contributed by atoms with van der Waals surface area (Å²) in [6.45, 7) is 5.01. The van der Waals surface area contributed by atoms with Crippen LogP contribution in [0.2, 0.25) is 0 Å². The van der Waals surface area contributed by atoms with Crippen LogP contribution in [0.25, 0.3) is 0 Å². The average molecular weight is 275 g/mol. The molecule has 4 heteroatoms. The first-order chi connectivity index (χ1) is 9.20. The van der Waals surface area contributed by atoms with E-state index in [2.05, 4.69) is 48.4 Å². The largest absolute Gasteiger partial charge is 0.323 e. The van der Waals surface area contributed by atoms with Crippen LogP contribution in [0.4, 0.5) is 0 Å². The SMILES string of the molecule is CCC(NCC(N)c1ccc(C)cc1)c1nccs1. The third kappa shape index (κ3) is 3.86. The Kier molecular flexibility index (Phi) is 5.07. The lowest BCUT2D eigenvalue weighted by atomic mass is 10.1. The molecule has 0 aliphatic rings. The second-order valence-electron chi connectivity index (χ2n) is 4.76. The van der Waals surface area contributed by atoms with E-state index in [9.17, 15) is 0 Å². The molecule has 2 unspecified atom stereocenters. The van der Waals surface area contributed by atoms with Gasteiger partial charge in [-0.2, -0.15) is 0 Å². The number of nitrogens with zero attached hydrogens (tertiary/aromatic N) is 1. The third-order valence-corrected chi connectivity index (χ3v) is 4.14. The van der Waals surface area contributed by atoms with Crippen molar-refractivity contribution in [3.8, 4) is 0 Å². The Labute approximate surface area is 118 Å². The molecule has 0 bridgehead atoms. The van der Waals surface area contributed by atoms with E-state index >= 15 is 0 Å². The molecule has 0 saturated heterocycles. The van der Waals surface area contributed by atoms with Gasteiger partial charge in [-0.25, -0.2) is 4.98 Å². The van der Waals surface area contributed by atoms with Gasteiger partial charge in [0.15, 0.2) is 0 Å². The highest BCUT2D eigenvalue weighted by Gasteiger charge is 2.13. The number of benzene rings is 1. The standard InChI is InChI=1S/C15H21N3S/c1-3-14(15-17-8-9-19-15)18-10-13(16)12-6-4-11(2)5-7-12/h4-9,13-14,18H,3,10,16H2,1-2H3. The quantitative estimate of drug-likeness (QED) is 0.851. The summed E-state index contributed by atoms with van der Waals surface area (Å²) < 4.78 is 0. The summed E-state index contributed by atoms with van der Waals surface area (Å²) in [6, 6.07) is 8.74. The lowest BCUT2D eigenvalue weighted by Gasteiger charge is -2.18. The second kappa shape index (κ2) is 6.80. The number of aryl methyl sites for hydroxylation is 1. The van der Waals surface area contributed by atoms with Gasteiger partial charge in [-0.15, -0.1) is 11.3 Å². The van der Waals surface area contributed by atoms with Gasteiger partial charge in [0.2, 0.25) is 0 Å². The molecule has 1 aromatic carbocycles. The van der Waals surface area contributed by atoms with Gasteiger partial charge in [0.05, 0.1) is 6.04 Å². The zero-order valence-corrected chi connectivity index (χ0v) is 12.3. The summed E-state index contributed by atoms with van der Waals surface area (Å²) in [4.78, 5) is 4.36. The maximum Gasteiger partial charge on any atom is 0.109 e. The number of nitrogens with two attached hydrogens (primary N) is 1. The van der Waals surface area contributed by atoms with E-state index < -0.39 is 0 Å². The van der Waals surface area contributed by atoms with Crippen molar-refractivity contribution in [3.63, 3.8) is 0 Å². The van der Waals surface area contributed by atoms with Crippen molar-refractivity contribution in [3.05, 3.63) is 52.0 Å². The van der Waals surface area contributed by atoms with Gasteiger partial charge in [-0.3, -0.25) is 0 Å². The highest BCUT2D eigenvalue weighted by molar-refractivity contribution is 7.09. The Morgan fingerprint density at radius 3 is 2.63 bits per heavy atom. The molecule has 1 heterocycles. The van der Waals surface area contributed by atoms with Crippen LogP contribution >= 0.6 is 11.3 Å². The number of hydrogen-bond donors (Lipinski definition) is 2. The Bertz CT molecular complexity index is 479. The average Bonchev–Trinajstić information content (AvgIpc) is 2.94. The van der Waals surface area contributed by atoms with Crippen LogP contribution in [-0.2, 0) is 0 Å². The molecular formula is C15H21N3S. The Balaban J connectivity index is 1.92. The minimum Gasteiger partial charge on any atom is -0.323 e. The lowest BCUT2D eigenvalue weighted by Crippen LogP contribution is -2.30. The first-order valence-electron chi connectivity index (χ1n) is 6.65. The maximum absolute atomic E-state index is 6.22. The zero-order chi connectivity index (χ0) is 13.7. The summed E-state index contributed by atoms with van der Waals surface area (Å²) in [5.74, 6) is 0. The van der Waals surface area contributed by atoms with E-state index in [1.807, 2.05) is 11.6 Å². The molecule has 0 radical (unpaired) electrons. The highest BCUT2D eigenvalue weighted by atomic mass is 32.1. The minimum atomic E-state index is 0.0228. The second-order valence-corrected chi connectivity index (χ2v) is 5.68. The molecule has 2 aromatic rings. The van der Waals surface area contributed by atoms with Gasteiger partial charge >= 0.3 is 0 Å². The van der Waals surface area contributed by atoms with Gasteiger partial charge in [0.1, 0.15) is 5.01 Å². The zero-order valence-electron chi connectivity index (χ0n) is 11.5. The molecule has 0 saturated carbocycles. The van der Waals surface area contributed by atoms with Crippen LogP contribution in [0, 0.1) is 6.92 Å². The molecule has 1 aromatic heterocycles. The normalized spacial score (nSPS) is 14.3. The van der Waals surface area contributed by atoms with Crippen molar-refractivity contribution >= 4 is 11.3 Å². The third-order valence-electron chi connectivity index (χ3n) is 3.25. The minimum absolute atomic E-state index is 0.0228. The molecule has 0 fully saturated rings.